The number of amides is 2. The second-order valence-electron chi connectivity index (χ2n) is 7.18. The Kier molecular flexibility index (Phi) is 4.22. The predicted molar refractivity (Wildman–Crippen MR) is 106 cm³/mol. The van der Waals surface area contributed by atoms with Crippen molar-refractivity contribution >= 4 is 34.2 Å². The molecule has 0 radical (unpaired) electrons. The maximum atomic E-state index is 12.5. The van der Waals surface area contributed by atoms with Crippen molar-refractivity contribution in [2.45, 2.75) is 33.6 Å². The van der Waals surface area contributed by atoms with Crippen LogP contribution in [-0.4, -0.2) is 18.4 Å². The van der Waals surface area contributed by atoms with Gasteiger partial charge in [0.15, 0.2) is 0 Å². The molecule has 1 aromatic heterocycles. The molecule has 0 spiro atoms. The van der Waals surface area contributed by atoms with E-state index in [-0.39, 0.29) is 18.2 Å². The SMILES string of the molecule is CC(=O)N1CCc2cc(NC(=O)Cc3coc4cc(C)c(C)cc34)ccc21. The Hall–Kier alpha value is -3.08. The summed E-state index contributed by atoms with van der Waals surface area (Å²) >= 11 is 0. The fourth-order valence-corrected chi connectivity index (χ4v) is 3.66. The van der Waals surface area contributed by atoms with Gasteiger partial charge in [-0.15, -0.1) is 0 Å². The third-order valence-electron chi connectivity index (χ3n) is 5.26. The van der Waals surface area contributed by atoms with Crippen LogP contribution in [0.15, 0.2) is 41.0 Å². The summed E-state index contributed by atoms with van der Waals surface area (Å²) in [6, 6.07) is 9.78. The summed E-state index contributed by atoms with van der Waals surface area (Å²) < 4.78 is 5.61. The summed E-state index contributed by atoms with van der Waals surface area (Å²) in [6.07, 6.45) is 2.73. The number of benzene rings is 2. The largest absolute Gasteiger partial charge is 0.464 e. The predicted octanol–water partition coefficient (Wildman–Crippen LogP) is 4.14. The van der Waals surface area contributed by atoms with E-state index in [1.807, 2.05) is 31.2 Å². The van der Waals surface area contributed by atoms with Crippen LogP contribution in [0.5, 0.6) is 0 Å². The Labute approximate surface area is 158 Å². The van der Waals surface area contributed by atoms with E-state index in [4.69, 9.17) is 4.42 Å². The number of rotatable bonds is 3. The average molecular weight is 362 g/mol. The molecule has 4 rings (SSSR count). The van der Waals surface area contributed by atoms with Crippen LogP contribution < -0.4 is 10.2 Å². The maximum absolute atomic E-state index is 12.5. The van der Waals surface area contributed by atoms with Gasteiger partial charge >= 0.3 is 0 Å². The molecule has 2 aromatic carbocycles. The molecular weight excluding hydrogens is 340 g/mol. The third kappa shape index (κ3) is 3.21. The van der Waals surface area contributed by atoms with Crippen molar-refractivity contribution in [3.05, 3.63) is 58.8 Å². The number of furan rings is 1. The van der Waals surface area contributed by atoms with E-state index in [2.05, 4.69) is 18.3 Å². The van der Waals surface area contributed by atoms with Gasteiger partial charge in [0.1, 0.15) is 5.58 Å². The number of nitrogens with one attached hydrogen (secondary N) is 1. The normalized spacial score (nSPS) is 13.1. The molecule has 5 heteroatoms. The molecule has 5 nitrogen and oxygen atoms in total. The zero-order valence-corrected chi connectivity index (χ0v) is 15.8. The van der Waals surface area contributed by atoms with E-state index in [1.165, 1.54) is 11.1 Å². The molecule has 0 saturated heterocycles. The molecule has 0 fully saturated rings. The highest BCUT2D eigenvalue weighted by Crippen LogP contribution is 2.31. The van der Waals surface area contributed by atoms with Gasteiger partial charge in [0.2, 0.25) is 11.8 Å². The van der Waals surface area contributed by atoms with Gasteiger partial charge in [0, 0.05) is 35.8 Å². The molecule has 138 valence electrons. The second-order valence-corrected chi connectivity index (χ2v) is 7.18. The number of aryl methyl sites for hydroxylation is 2. The number of fused-ring (bicyclic) bond motifs is 2. The molecule has 2 heterocycles. The van der Waals surface area contributed by atoms with Crippen molar-refractivity contribution in [3.8, 4) is 0 Å². The van der Waals surface area contributed by atoms with Crippen LogP contribution in [0.1, 0.15) is 29.2 Å². The van der Waals surface area contributed by atoms with Crippen molar-refractivity contribution in [3.63, 3.8) is 0 Å². The monoisotopic (exact) mass is 362 g/mol. The molecular formula is C22H22N2O3. The van der Waals surface area contributed by atoms with E-state index in [1.54, 1.807) is 18.1 Å². The Morgan fingerprint density at radius 1 is 1.15 bits per heavy atom. The molecule has 2 amide bonds. The van der Waals surface area contributed by atoms with Gasteiger partial charge < -0.3 is 14.6 Å². The van der Waals surface area contributed by atoms with E-state index in [0.717, 1.165) is 39.9 Å². The lowest BCUT2D eigenvalue weighted by Crippen LogP contribution is -2.25. The van der Waals surface area contributed by atoms with Crippen LogP contribution in [0.3, 0.4) is 0 Å². The van der Waals surface area contributed by atoms with Crippen molar-refractivity contribution in [1.82, 2.24) is 0 Å². The number of carbonyl (C=O) groups excluding carboxylic acids is 2. The first-order chi connectivity index (χ1) is 12.9. The summed E-state index contributed by atoms with van der Waals surface area (Å²) in [5.41, 5.74) is 6.82. The Morgan fingerprint density at radius 3 is 2.70 bits per heavy atom. The quantitative estimate of drug-likeness (QED) is 0.762. The van der Waals surface area contributed by atoms with Crippen LogP contribution in [0.2, 0.25) is 0 Å². The Balaban J connectivity index is 1.51. The minimum absolute atomic E-state index is 0.0444. The number of anilines is 2. The van der Waals surface area contributed by atoms with Gasteiger partial charge in [-0.05, 0) is 67.3 Å². The lowest BCUT2D eigenvalue weighted by molar-refractivity contribution is -0.117. The van der Waals surface area contributed by atoms with Gasteiger partial charge in [-0.2, -0.15) is 0 Å². The van der Waals surface area contributed by atoms with Crippen LogP contribution in [0, 0.1) is 13.8 Å². The van der Waals surface area contributed by atoms with Gasteiger partial charge in [-0.3, -0.25) is 9.59 Å². The molecule has 27 heavy (non-hydrogen) atoms. The van der Waals surface area contributed by atoms with Crippen molar-refractivity contribution in [1.29, 1.82) is 0 Å². The first-order valence-electron chi connectivity index (χ1n) is 9.10. The smallest absolute Gasteiger partial charge is 0.228 e. The minimum Gasteiger partial charge on any atom is -0.464 e. The molecule has 1 aliphatic heterocycles. The third-order valence-corrected chi connectivity index (χ3v) is 5.26. The first-order valence-corrected chi connectivity index (χ1v) is 9.10. The standard InChI is InChI=1S/C22H22N2O3/c1-13-8-19-17(12-27-21(19)9-14(13)2)11-22(26)23-18-4-5-20-16(10-18)6-7-24(20)15(3)25/h4-5,8-10,12H,6-7,11H2,1-3H3,(H,23,26). The molecule has 1 N–H and O–H groups in total. The minimum atomic E-state index is -0.0858. The summed E-state index contributed by atoms with van der Waals surface area (Å²) in [4.78, 5) is 25.9. The molecule has 0 bridgehead atoms. The van der Waals surface area contributed by atoms with Crippen molar-refractivity contribution < 1.29 is 14.0 Å². The molecule has 0 unspecified atom stereocenters. The second kappa shape index (κ2) is 6.58. The van der Waals surface area contributed by atoms with E-state index in [9.17, 15) is 9.59 Å². The van der Waals surface area contributed by atoms with Gasteiger partial charge in [0.25, 0.3) is 0 Å². The zero-order chi connectivity index (χ0) is 19.1. The number of hydrogen-bond acceptors (Lipinski definition) is 3. The lowest BCUT2D eigenvalue weighted by Gasteiger charge is -2.15. The summed E-state index contributed by atoms with van der Waals surface area (Å²) in [7, 11) is 0. The van der Waals surface area contributed by atoms with Crippen LogP contribution in [-0.2, 0) is 22.4 Å². The van der Waals surface area contributed by atoms with Crippen molar-refractivity contribution in [2.75, 3.05) is 16.8 Å². The van der Waals surface area contributed by atoms with E-state index >= 15 is 0 Å². The molecule has 3 aromatic rings. The van der Waals surface area contributed by atoms with Gasteiger partial charge in [-0.25, -0.2) is 0 Å². The fraction of sp³-hybridized carbons (Fsp3) is 0.273. The highest BCUT2D eigenvalue weighted by Gasteiger charge is 2.22. The van der Waals surface area contributed by atoms with E-state index in [0.29, 0.717) is 6.54 Å². The van der Waals surface area contributed by atoms with Crippen LogP contribution in [0.4, 0.5) is 11.4 Å². The molecule has 1 aliphatic rings. The Morgan fingerprint density at radius 2 is 1.93 bits per heavy atom. The number of hydrogen-bond donors (Lipinski definition) is 1. The maximum Gasteiger partial charge on any atom is 0.228 e. The van der Waals surface area contributed by atoms with Crippen molar-refractivity contribution in [2.24, 2.45) is 0 Å². The number of carbonyl (C=O) groups is 2. The van der Waals surface area contributed by atoms with Gasteiger partial charge in [-0.1, -0.05) is 0 Å². The van der Waals surface area contributed by atoms with Gasteiger partial charge in [0.05, 0.1) is 12.7 Å². The summed E-state index contributed by atoms with van der Waals surface area (Å²) in [5, 5.41) is 3.95. The molecule has 0 atom stereocenters. The highest BCUT2D eigenvalue weighted by atomic mass is 16.3. The first kappa shape index (κ1) is 17.3. The average Bonchev–Trinajstić information content (AvgIpc) is 3.20. The molecule has 0 aliphatic carbocycles. The fourth-order valence-electron chi connectivity index (χ4n) is 3.66. The highest BCUT2D eigenvalue weighted by molar-refractivity contribution is 5.97. The lowest BCUT2D eigenvalue weighted by atomic mass is 10.0. The van der Waals surface area contributed by atoms with Crippen LogP contribution >= 0.6 is 0 Å². The van der Waals surface area contributed by atoms with E-state index < -0.39 is 0 Å². The topological polar surface area (TPSA) is 62.6 Å². The summed E-state index contributed by atoms with van der Waals surface area (Å²) in [6.45, 7) is 6.37. The Bertz CT molecular complexity index is 1060. The summed E-state index contributed by atoms with van der Waals surface area (Å²) in [5.74, 6) is -0.0415. The zero-order valence-electron chi connectivity index (χ0n) is 15.8. The molecule has 0 saturated carbocycles. The number of nitrogens with zero attached hydrogens (tertiary/aromatic N) is 1. The van der Waals surface area contributed by atoms with Crippen LogP contribution in [0.25, 0.3) is 11.0 Å².